The second kappa shape index (κ2) is 10.5. The first-order valence-corrected chi connectivity index (χ1v) is 10.4. The Morgan fingerprint density at radius 2 is 1.79 bits per heavy atom. The topological polar surface area (TPSA) is 53.7 Å². The summed E-state index contributed by atoms with van der Waals surface area (Å²) in [4.78, 5) is 6.96. The zero-order valence-electron chi connectivity index (χ0n) is 17.6. The molecule has 1 fully saturated rings. The van der Waals surface area contributed by atoms with E-state index >= 15 is 0 Å². The summed E-state index contributed by atoms with van der Waals surface area (Å²) in [7, 11) is 4.18. The van der Waals surface area contributed by atoms with Gasteiger partial charge in [0, 0.05) is 32.7 Å². The molecular weight excluding hydrogens is 360 g/mol. The van der Waals surface area contributed by atoms with Crippen molar-refractivity contribution < 1.29 is 5.11 Å². The monoisotopic (exact) mass is 392 g/mol. The van der Waals surface area contributed by atoms with Crippen LogP contribution in [0.2, 0.25) is 0 Å². The molecule has 0 radical (unpaired) electrons. The predicted molar refractivity (Wildman–Crippen MR) is 117 cm³/mol. The zero-order valence-corrected chi connectivity index (χ0v) is 17.6. The summed E-state index contributed by atoms with van der Waals surface area (Å²) < 4.78 is 0. The number of hydrogen-bond acceptors (Lipinski definition) is 5. The second-order valence-electron chi connectivity index (χ2n) is 8.08. The third kappa shape index (κ3) is 6.12. The molecule has 0 bridgehead atoms. The molecule has 0 spiro atoms. The first-order valence-electron chi connectivity index (χ1n) is 10.4. The number of likely N-dealkylation sites (N-methyl/N-ethyl adjacent to an activating group) is 2. The van der Waals surface area contributed by atoms with Gasteiger partial charge in [-0.3, -0.25) is 9.80 Å². The summed E-state index contributed by atoms with van der Waals surface area (Å²) in [5.41, 5.74) is 5.20. The number of aliphatic hydroxyl groups excluding tert-OH is 1. The van der Waals surface area contributed by atoms with Crippen LogP contribution in [0, 0.1) is 11.3 Å². The van der Waals surface area contributed by atoms with Crippen molar-refractivity contribution in [2.75, 3.05) is 53.4 Å². The summed E-state index contributed by atoms with van der Waals surface area (Å²) in [5, 5.41) is 18.8. The van der Waals surface area contributed by atoms with E-state index in [1.807, 2.05) is 13.1 Å². The Morgan fingerprint density at radius 1 is 1.03 bits per heavy atom. The summed E-state index contributed by atoms with van der Waals surface area (Å²) in [6, 6.07) is 17.1. The molecule has 1 heterocycles. The summed E-state index contributed by atoms with van der Waals surface area (Å²) >= 11 is 0. The van der Waals surface area contributed by atoms with Gasteiger partial charge in [0.25, 0.3) is 0 Å². The summed E-state index contributed by atoms with van der Waals surface area (Å²) in [5.74, 6) is 0. The molecule has 2 aromatic rings. The highest BCUT2D eigenvalue weighted by Gasteiger charge is 2.14. The normalized spacial score (nSPS) is 16.0. The molecule has 0 amide bonds. The third-order valence-corrected chi connectivity index (χ3v) is 5.62. The van der Waals surface area contributed by atoms with Crippen molar-refractivity contribution in [1.82, 2.24) is 14.7 Å². The van der Waals surface area contributed by atoms with E-state index in [0.29, 0.717) is 6.54 Å². The Morgan fingerprint density at radius 3 is 2.52 bits per heavy atom. The van der Waals surface area contributed by atoms with Crippen LogP contribution < -0.4 is 0 Å². The Balaban J connectivity index is 1.71. The van der Waals surface area contributed by atoms with Crippen molar-refractivity contribution in [2.24, 2.45) is 0 Å². The molecule has 0 aromatic heterocycles. The fourth-order valence-corrected chi connectivity index (χ4v) is 3.90. The SMILES string of the molecule is CN1CCCN(Cc2ccc(-c3ccc(CN(C)CCO)cc3)c(C#N)c2)CC1. The molecular formula is C24H32N4O. The largest absolute Gasteiger partial charge is 0.395 e. The Bertz CT molecular complexity index is 828. The van der Waals surface area contributed by atoms with Gasteiger partial charge in [0.2, 0.25) is 0 Å². The quantitative estimate of drug-likeness (QED) is 0.785. The van der Waals surface area contributed by atoms with Crippen LogP contribution in [0.1, 0.15) is 23.1 Å². The molecule has 1 aliphatic heterocycles. The van der Waals surface area contributed by atoms with E-state index in [1.165, 1.54) is 17.5 Å². The molecule has 0 atom stereocenters. The molecule has 2 aromatic carbocycles. The minimum Gasteiger partial charge on any atom is -0.395 e. The predicted octanol–water partition coefficient (Wildman–Crippen LogP) is 2.79. The van der Waals surface area contributed by atoms with Gasteiger partial charge in [-0.05, 0) is 61.9 Å². The lowest BCUT2D eigenvalue weighted by Gasteiger charge is -2.20. The maximum Gasteiger partial charge on any atom is 0.0998 e. The van der Waals surface area contributed by atoms with Gasteiger partial charge in [0.1, 0.15) is 0 Å². The highest BCUT2D eigenvalue weighted by atomic mass is 16.3. The van der Waals surface area contributed by atoms with Gasteiger partial charge in [-0.1, -0.05) is 36.4 Å². The fraction of sp³-hybridized carbons (Fsp3) is 0.458. The Labute approximate surface area is 174 Å². The second-order valence-corrected chi connectivity index (χ2v) is 8.08. The lowest BCUT2D eigenvalue weighted by atomic mass is 9.97. The van der Waals surface area contributed by atoms with Gasteiger partial charge in [0.05, 0.1) is 18.2 Å². The van der Waals surface area contributed by atoms with E-state index in [1.54, 1.807) is 0 Å². The fourth-order valence-electron chi connectivity index (χ4n) is 3.90. The molecule has 5 nitrogen and oxygen atoms in total. The molecule has 1 N–H and O–H groups in total. The molecule has 1 aliphatic rings. The van der Waals surface area contributed by atoms with Crippen LogP contribution in [-0.2, 0) is 13.1 Å². The van der Waals surface area contributed by atoms with E-state index in [0.717, 1.165) is 56.0 Å². The van der Waals surface area contributed by atoms with Crippen LogP contribution in [0.3, 0.4) is 0 Å². The molecule has 29 heavy (non-hydrogen) atoms. The van der Waals surface area contributed by atoms with E-state index in [9.17, 15) is 5.26 Å². The van der Waals surface area contributed by atoms with E-state index in [-0.39, 0.29) is 6.61 Å². The van der Waals surface area contributed by atoms with Crippen molar-refractivity contribution in [2.45, 2.75) is 19.5 Å². The van der Waals surface area contributed by atoms with Crippen LogP contribution in [0.5, 0.6) is 0 Å². The molecule has 0 saturated carbocycles. The van der Waals surface area contributed by atoms with Crippen molar-refractivity contribution >= 4 is 0 Å². The highest BCUT2D eigenvalue weighted by molar-refractivity contribution is 5.71. The smallest absolute Gasteiger partial charge is 0.0998 e. The van der Waals surface area contributed by atoms with Crippen molar-refractivity contribution in [1.29, 1.82) is 5.26 Å². The average molecular weight is 393 g/mol. The number of nitriles is 1. The van der Waals surface area contributed by atoms with E-state index < -0.39 is 0 Å². The average Bonchev–Trinajstić information content (AvgIpc) is 2.93. The molecule has 5 heteroatoms. The molecule has 154 valence electrons. The van der Waals surface area contributed by atoms with Crippen molar-refractivity contribution in [3.8, 4) is 17.2 Å². The number of aliphatic hydroxyl groups is 1. The molecule has 0 unspecified atom stereocenters. The number of benzene rings is 2. The number of hydrogen-bond donors (Lipinski definition) is 1. The van der Waals surface area contributed by atoms with Gasteiger partial charge >= 0.3 is 0 Å². The number of rotatable bonds is 7. The lowest BCUT2D eigenvalue weighted by molar-refractivity contribution is 0.217. The van der Waals surface area contributed by atoms with Crippen molar-refractivity contribution in [3.05, 3.63) is 59.2 Å². The maximum atomic E-state index is 9.72. The first-order chi connectivity index (χ1) is 14.1. The van der Waals surface area contributed by atoms with Gasteiger partial charge in [-0.2, -0.15) is 5.26 Å². The van der Waals surface area contributed by atoms with Gasteiger partial charge in [-0.15, -0.1) is 0 Å². The number of nitrogens with zero attached hydrogens (tertiary/aromatic N) is 4. The van der Waals surface area contributed by atoms with Crippen LogP contribution >= 0.6 is 0 Å². The van der Waals surface area contributed by atoms with Gasteiger partial charge in [0.15, 0.2) is 0 Å². The standard InChI is InChI=1S/C24H32N4O/c1-26-10-3-11-28(13-12-26)19-21-6-9-24(23(16-21)17-25)22-7-4-20(5-8-22)18-27(2)14-15-29/h4-9,16,29H,3,10-15,18-19H2,1-2H3. The van der Waals surface area contributed by atoms with Crippen LogP contribution in [0.15, 0.2) is 42.5 Å². The maximum absolute atomic E-state index is 9.72. The summed E-state index contributed by atoms with van der Waals surface area (Å²) in [6.07, 6.45) is 1.19. The van der Waals surface area contributed by atoms with Crippen LogP contribution in [0.4, 0.5) is 0 Å². The first kappa shape index (κ1) is 21.5. The Hall–Kier alpha value is -2.23. The van der Waals surface area contributed by atoms with Crippen molar-refractivity contribution in [3.63, 3.8) is 0 Å². The minimum atomic E-state index is 0.167. The van der Waals surface area contributed by atoms with E-state index in [4.69, 9.17) is 5.11 Å². The van der Waals surface area contributed by atoms with Gasteiger partial charge in [-0.25, -0.2) is 0 Å². The van der Waals surface area contributed by atoms with Crippen LogP contribution in [-0.4, -0.2) is 73.2 Å². The zero-order chi connectivity index (χ0) is 20.6. The van der Waals surface area contributed by atoms with E-state index in [2.05, 4.69) is 64.2 Å². The molecule has 1 saturated heterocycles. The Kier molecular flexibility index (Phi) is 7.79. The lowest BCUT2D eigenvalue weighted by Crippen LogP contribution is -2.28. The highest BCUT2D eigenvalue weighted by Crippen LogP contribution is 2.26. The van der Waals surface area contributed by atoms with Gasteiger partial charge < -0.3 is 10.0 Å². The summed E-state index contributed by atoms with van der Waals surface area (Å²) in [6.45, 7) is 6.98. The molecule has 0 aliphatic carbocycles. The molecule has 3 rings (SSSR count). The third-order valence-electron chi connectivity index (χ3n) is 5.62. The van der Waals surface area contributed by atoms with Crippen LogP contribution in [0.25, 0.3) is 11.1 Å². The minimum absolute atomic E-state index is 0.167.